The van der Waals surface area contributed by atoms with Crippen LogP contribution in [-0.2, 0) is 10.0 Å². The number of carbonyl (C=O) groups is 1. The van der Waals surface area contributed by atoms with E-state index in [1.54, 1.807) is 24.3 Å². The Morgan fingerprint density at radius 2 is 1.67 bits per heavy atom. The molecule has 0 aliphatic heterocycles. The minimum absolute atomic E-state index is 0.149. The fourth-order valence-electron chi connectivity index (χ4n) is 1.61. The van der Waals surface area contributed by atoms with Crippen molar-refractivity contribution in [2.45, 2.75) is 4.90 Å². The zero-order chi connectivity index (χ0) is 15.5. The molecule has 0 atom stereocenters. The molecule has 0 bridgehead atoms. The Morgan fingerprint density at radius 1 is 1.05 bits per heavy atom. The Balaban J connectivity index is 2.19. The van der Waals surface area contributed by atoms with Crippen LogP contribution in [0.3, 0.4) is 0 Å². The third-order valence-corrected chi connectivity index (χ3v) is 4.38. The van der Waals surface area contributed by atoms with E-state index in [2.05, 4.69) is 26.0 Å². The Morgan fingerprint density at radius 3 is 2.24 bits per heavy atom. The van der Waals surface area contributed by atoms with E-state index in [1.165, 1.54) is 24.3 Å². The van der Waals surface area contributed by atoms with E-state index in [9.17, 15) is 13.2 Å². The van der Waals surface area contributed by atoms with Crippen LogP contribution in [0.25, 0.3) is 0 Å². The van der Waals surface area contributed by atoms with Crippen molar-refractivity contribution >= 4 is 43.4 Å². The molecule has 8 heteroatoms. The summed E-state index contributed by atoms with van der Waals surface area (Å²) < 4.78 is 27.5. The number of nitrogens with one attached hydrogen (secondary N) is 2. The second-order valence-electron chi connectivity index (χ2n) is 4.13. The molecule has 0 heterocycles. The van der Waals surface area contributed by atoms with E-state index in [-0.39, 0.29) is 4.90 Å². The molecule has 0 spiro atoms. The molecule has 0 fully saturated rings. The monoisotopic (exact) mass is 369 g/mol. The highest BCUT2D eigenvalue weighted by atomic mass is 79.9. The number of halogens is 1. The lowest BCUT2D eigenvalue weighted by molar-refractivity contribution is 0.259. The number of rotatable bonds is 4. The summed E-state index contributed by atoms with van der Waals surface area (Å²) in [6, 6.07) is 11.8. The minimum atomic E-state index is -3.66. The van der Waals surface area contributed by atoms with Crippen LogP contribution in [0.15, 0.2) is 57.9 Å². The van der Waals surface area contributed by atoms with Crippen molar-refractivity contribution in [1.29, 1.82) is 0 Å². The second-order valence-corrected chi connectivity index (χ2v) is 6.73. The van der Waals surface area contributed by atoms with Crippen molar-refractivity contribution in [2.75, 3.05) is 10.0 Å². The summed E-state index contributed by atoms with van der Waals surface area (Å²) in [4.78, 5) is 10.8. The number of sulfonamides is 1. The van der Waals surface area contributed by atoms with E-state index in [1.807, 2.05) is 0 Å². The summed E-state index contributed by atoms with van der Waals surface area (Å²) in [5.74, 6) is 0. The highest BCUT2D eigenvalue weighted by Crippen LogP contribution is 2.20. The summed E-state index contributed by atoms with van der Waals surface area (Å²) >= 11 is 3.23. The molecule has 2 aromatic rings. The Labute approximate surface area is 130 Å². The van der Waals surface area contributed by atoms with Crippen LogP contribution in [0.5, 0.6) is 0 Å². The number of primary amides is 1. The lowest BCUT2D eigenvalue weighted by Crippen LogP contribution is -2.19. The molecule has 4 N–H and O–H groups in total. The van der Waals surface area contributed by atoms with Gasteiger partial charge in [-0.2, -0.15) is 0 Å². The molecule has 2 aromatic carbocycles. The fraction of sp³-hybridized carbons (Fsp3) is 0. The second kappa shape index (κ2) is 6.15. The Hall–Kier alpha value is -2.06. The zero-order valence-electron chi connectivity index (χ0n) is 10.7. The van der Waals surface area contributed by atoms with Gasteiger partial charge in [-0.3, -0.25) is 4.72 Å². The summed E-state index contributed by atoms with van der Waals surface area (Å²) in [6.45, 7) is 0. The highest BCUT2D eigenvalue weighted by Gasteiger charge is 2.14. The third-order valence-electron chi connectivity index (χ3n) is 2.51. The molecule has 110 valence electrons. The number of hydrogen-bond acceptors (Lipinski definition) is 3. The van der Waals surface area contributed by atoms with Crippen LogP contribution >= 0.6 is 15.9 Å². The zero-order valence-corrected chi connectivity index (χ0v) is 13.1. The summed E-state index contributed by atoms with van der Waals surface area (Å²) in [7, 11) is -3.66. The summed E-state index contributed by atoms with van der Waals surface area (Å²) in [5.41, 5.74) is 5.85. The SMILES string of the molecule is NC(=O)Nc1ccc(NS(=O)(=O)c2cccc(Br)c2)cc1. The first-order valence-corrected chi connectivity index (χ1v) is 8.09. The highest BCUT2D eigenvalue weighted by molar-refractivity contribution is 9.10. The van der Waals surface area contributed by atoms with E-state index in [0.717, 1.165) is 0 Å². The molecule has 0 aromatic heterocycles. The minimum Gasteiger partial charge on any atom is -0.351 e. The first kappa shape index (κ1) is 15.3. The smallest absolute Gasteiger partial charge is 0.316 e. The number of urea groups is 1. The standard InChI is InChI=1S/C13H12BrN3O3S/c14-9-2-1-3-12(8-9)21(19,20)17-11-6-4-10(5-7-11)16-13(15)18/h1-8,17H,(H3,15,16,18). The predicted molar refractivity (Wildman–Crippen MR) is 84.6 cm³/mol. The molecular formula is C13H12BrN3O3S. The van der Waals surface area contributed by atoms with Crippen molar-refractivity contribution < 1.29 is 13.2 Å². The maximum atomic E-state index is 12.2. The van der Waals surface area contributed by atoms with Gasteiger partial charge < -0.3 is 11.1 Å². The first-order valence-electron chi connectivity index (χ1n) is 5.82. The first-order chi connectivity index (χ1) is 9.87. The van der Waals surface area contributed by atoms with E-state index < -0.39 is 16.1 Å². The van der Waals surface area contributed by atoms with Gasteiger partial charge in [0.25, 0.3) is 10.0 Å². The van der Waals surface area contributed by atoms with Crippen LogP contribution in [0, 0.1) is 0 Å². The van der Waals surface area contributed by atoms with Crippen LogP contribution in [0.4, 0.5) is 16.2 Å². The lowest BCUT2D eigenvalue weighted by Gasteiger charge is -2.09. The van der Waals surface area contributed by atoms with Crippen molar-refractivity contribution in [3.8, 4) is 0 Å². The van der Waals surface area contributed by atoms with E-state index >= 15 is 0 Å². The normalized spacial score (nSPS) is 10.9. The molecular weight excluding hydrogens is 358 g/mol. The van der Waals surface area contributed by atoms with E-state index in [4.69, 9.17) is 5.73 Å². The average Bonchev–Trinajstić information content (AvgIpc) is 2.40. The molecule has 6 nitrogen and oxygen atoms in total. The largest absolute Gasteiger partial charge is 0.351 e. The number of nitrogens with two attached hydrogens (primary N) is 1. The van der Waals surface area contributed by atoms with Gasteiger partial charge in [-0.15, -0.1) is 0 Å². The summed E-state index contributed by atoms with van der Waals surface area (Å²) in [5, 5.41) is 2.39. The lowest BCUT2D eigenvalue weighted by atomic mass is 10.3. The van der Waals surface area contributed by atoms with Gasteiger partial charge in [0.05, 0.1) is 4.90 Å². The molecule has 0 saturated carbocycles. The van der Waals surface area contributed by atoms with Gasteiger partial charge in [0.15, 0.2) is 0 Å². The van der Waals surface area contributed by atoms with Crippen molar-refractivity contribution in [1.82, 2.24) is 0 Å². The number of carbonyl (C=O) groups excluding carboxylic acids is 1. The molecule has 21 heavy (non-hydrogen) atoms. The van der Waals surface area contributed by atoms with Gasteiger partial charge in [-0.1, -0.05) is 22.0 Å². The average molecular weight is 370 g/mol. The molecule has 0 radical (unpaired) electrons. The fourth-order valence-corrected chi connectivity index (χ4v) is 3.27. The summed E-state index contributed by atoms with van der Waals surface area (Å²) in [6.07, 6.45) is 0. The van der Waals surface area contributed by atoms with Crippen LogP contribution in [-0.4, -0.2) is 14.4 Å². The van der Waals surface area contributed by atoms with E-state index in [0.29, 0.717) is 15.8 Å². The van der Waals surface area contributed by atoms with Crippen molar-refractivity contribution in [3.63, 3.8) is 0 Å². The maximum absolute atomic E-state index is 12.2. The number of hydrogen-bond donors (Lipinski definition) is 3. The Kier molecular flexibility index (Phi) is 4.49. The van der Waals surface area contributed by atoms with Crippen LogP contribution < -0.4 is 15.8 Å². The van der Waals surface area contributed by atoms with Gasteiger partial charge in [0.1, 0.15) is 0 Å². The molecule has 0 saturated heterocycles. The number of benzene rings is 2. The number of amides is 2. The third kappa shape index (κ3) is 4.20. The van der Waals surface area contributed by atoms with Gasteiger partial charge in [0.2, 0.25) is 0 Å². The maximum Gasteiger partial charge on any atom is 0.316 e. The number of anilines is 2. The van der Waals surface area contributed by atoms with Gasteiger partial charge in [0, 0.05) is 15.8 Å². The molecule has 0 unspecified atom stereocenters. The Bertz CT molecular complexity index is 760. The molecule has 2 amide bonds. The molecule has 0 aliphatic rings. The van der Waals surface area contributed by atoms with Crippen molar-refractivity contribution in [3.05, 3.63) is 53.0 Å². The quantitative estimate of drug-likeness (QED) is 0.771. The van der Waals surface area contributed by atoms with Crippen LogP contribution in [0.1, 0.15) is 0 Å². The predicted octanol–water partition coefficient (Wildman–Crippen LogP) is 2.74. The molecule has 0 aliphatic carbocycles. The van der Waals surface area contributed by atoms with Gasteiger partial charge in [-0.25, -0.2) is 13.2 Å². The topological polar surface area (TPSA) is 101 Å². The van der Waals surface area contributed by atoms with Crippen molar-refractivity contribution in [2.24, 2.45) is 5.73 Å². The van der Waals surface area contributed by atoms with Crippen LogP contribution in [0.2, 0.25) is 0 Å². The molecule has 2 rings (SSSR count). The van der Waals surface area contributed by atoms with Gasteiger partial charge >= 0.3 is 6.03 Å². The van der Waals surface area contributed by atoms with Gasteiger partial charge in [-0.05, 0) is 42.5 Å².